The molecule has 32 heavy (non-hydrogen) atoms. The Bertz CT molecular complexity index is 1010. The molecule has 0 unspecified atom stereocenters. The van der Waals surface area contributed by atoms with Crippen molar-refractivity contribution in [2.75, 3.05) is 19.6 Å². The van der Waals surface area contributed by atoms with Crippen LogP contribution in [-0.2, 0) is 24.8 Å². The van der Waals surface area contributed by atoms with Gasteiger partial charge in [-0.25, -0.2) is 0 Å². The number of hydrogen-bond acceptors (Lipinski definition) is 4. The highest BCUT2D eigenvalue weighted by Crippen LogP contribution is 2.26. The van der Waals surface area contributed by atoms with E-state index in [-0.39, 0.29) is 29.7 Å². The lowest BCUT2D eigenvalue weighted by Gasteiger charge is -2.32. The maximum atomic E-state index is 13.3. The van der Waals surface area contributed by atoms with Gasteiger partial charge in [0.1, 0.15) is 0 Å². The van der Waals surface area contributed by atoms with Gasteiger partial charge in [0, 0.05) is 61.9 Å². The van der Waals surface area contributed by atoms with Crippen molar-refractivity contribution < 1.29 is 14.4 Å². The Morgan fingerprint density at radius 1 is 1.00 bits per heavy atom. The van der Waals surface area contributed by atoms with E-state index in [1.54, 1.807) is 14.5 Å². The molecular weight excluding hydrogens is 406 g/mol. The summed E-state index contributed by atoms with van der Waals surface area (Å²) in [5.74, 6) is -0.135. The Morgan fingerprint density at radius 3 is 2.34 bits per heavy atom. The highest BCUT2D eigenvalue weighted by atomic mass is 16.2. The molecule has 0 atom stereocenters. The summed E-state index contributed by atoms with van der Waals surface area (Å²) < 4.78 is 1.77. The van der Waals surface area contributed by atoms with Crippen LogP contribution in [0.25, 0.3) is 0 Å². The predicted molar refractivity (Wildman–Crippen MR) is 120 cm³/mol. The van der Waals surface area contributed by atoms with Crippen LogP contribution in [0, 0.1) is 5.92 Å². The summed E-state index contributed by atoms with van der Waals surface area (Å²) in [5.41, 5.74) is 2.93. The van der Waals surface area contributed by atoms with E-state index in [9.17, 15) is 14.4 Å². The van der Waals surface area contributed by atoms with Gasteiger partial charge in [-0.05, 0) is 38.8 Å². The summed E-state index contributed by atoms with van der Waals surface area (Å²) in [6, 6.07) is 9.33. The number of amides is 3. The molecule has 1 fully saturated rings. The van der Waals surface area contributed by atoms with Gasteiger partial charge < -0.3 is 15.1 Å². The van der Waals surface area contributed by atoms with Crippen molar-refractivity contribution >= 4 is 17.7 Å². The van der Waals surface area contributed by atoms with Crippen LogP contribution in [-0.4, -0.2) is 63.0 Å². The van der Waals surface area contributed by atoms with E-state index in [4.69, 9.17) is 0 Å². The molecule has 0 bridgehead atoms. The Kier molecular flexibility index (Phi) is 6.30. The van der Waals surface area contributed by atoms with Gasteiger partial charge in [-0.15, -0.1) is 0 Å². The smallest absolute Gasteiger partial charge is 0.274 e. The van der Waals surface area contributed by atoms with E-state index in [0.29, 0.717) is 56.7 Å². The molecule has 1 aromatic heterocycles. The molecule has 3 heterocycles. The Balaban J connectivity index is 1.46. The Labute approximate surface area is 188 Å². The number of aromatic nitrogens is 2. The lowest BCUT2D eigenvalue weighted by atomic mass is 9.95. The minimum absolute atomic E-state index is 0.0320. The molecule has 170 valence electrons. The molecule has 3 amide bonds. The summed E-state index contributed by atoms with van der Waals surface area (Å²) in [5, 5.41) is 7.50. The SMILES string of the molecule is CC(C)NC(=O)C1CCN(C(=O)c2nn(C)c3c2CN(C(=O)c2ccccc2)CC3)CC1. The van der Waals surface area contributed by atoms with Crippen LogP contribution in [0.1, 0.15) is 58.8 Å². The van der Waals surface area contributed by atoms with Crippen molar-refractivity contribution in [2.24, 2.45) is 13.0 Å². The standard InChI is InChI=1S/C24H31N5O3/c1-16(2)25-22(30)17-9-12-28(13-10-17)24(32)21-19-15-29(14-11-20(19)27(3)26-21)23(31)18-7-5-4-6-8-18/h4-8,16-17H,9-15H2,1-3H3,(H,25,30). The van der Waals surface area contributed by atoms with Crippen LogP contribution in [0.4, 0.5) is 0 Å². The molecule has 2 aromatic rings. The highest BCUT2D eigenvalue weighted by Gasteiger charge is 2.34. The quantitative estimate of drug-likeness (QED) is 0.793. The lowest BCUT2D eigenvalue weighted by molar-refractivity contribution is -0.126. The zero-order valence-electron chi connectivity index (χ0n) is 19.0. The summed E-state index contributed by atoms with van der Waals surface area (Å²) in [6.45, 7) is 5.95. The number of nitrogens with zero attached hydrogens (tertiary/aromatic N) is 4. The zero-order chi connectivity index (χ0) is 22.8. The third-order valence-corrected chi connectivity index (χ3v) is 6.34. The molecule has 1 saturated heterocycles. The predicted octanol–water partition coefficient (Wildman–Crippen LogP) is 2.00. The number of likely N-dealkylation sites (tertiary alicyclic amines) is 1. The molecule has 0 saturated carbocycles. The third-order valence-electron chi connectivity index (χ3n) is 6.34. The van der Waals surface area contributed by atoms with Crippen LogP contribution in [0.5, 0.6) is 0 Å². The molecule has 0 aliphatic carbocycles. The molecule has 1 aromatic carbocycles. The number of carbonyl (C=O) groups is 3. The molecule has 4 rings (SSSR count). The molecule has 0 spiro atoms. The highest BCUT2D eigenvalue weighted by molar-refractivity contribution is 5.96. The normalized spacial score (nSPS) is 16.8. The largest absolute Gasteiger partial charge is 0.354 e. The van der Waals surface area contributed by atoms with Crippen molar-refractivity contribution in [3.8, 4) is 0 Å². The fraction of sp³-hybridized carbons (Fsp3) is 0.500. The maximum absolute atomic E-state index is 13.3. The van der Waals surface area contributed by atoms with Crippen molar-refractivity contribution in [2.45, 2.75) is 45.7 Å². The Hall–Kier alpha value is -3.16. The number of fused-ring (bicyclic) bond motifs is 1. The van der Waals surface area contributed by atoms with Gasteiger partial charge in [0.25, 0.3) is 11.8 Å². The Morgan fingerprint density at radius 2 is 1.69 bits per heavy atom. The average Bonchev–Trinajstić information content (AvgIpc) is 3.14. The van der Waals surface area contributed by atoms with Crippen molar-refractivity contribution in [1.82, 2.24) is 24.9 Å². The minimum Gasteiger partial charge on any atom is -0.354 e. The van der Waals surface area contributed by atoms with Gasteiger partial charge in [0.15, 0.2) is 5.69 Å². The molecule has 8 heteroatoms. The summed E-state index contributed by atoms with van der Waals surface area (Å²) in [7, 11) is 1.85. The van der Waals surface area contributed by atoms with E-state index >= 15 is 0 Å². The fourth-order valence-electron chi connectivity index (χ4n) is 4.60. The van der Waals surface area contributed by atoms with Crippen molar-refractivity contribution in [1.29, 1.82) is 0 Å². The van der Waals surface area contributed by atoms with Crippen LogP contribution in [0.3, 0.4) is 0 Å². The summed E-state index contributed by atoms with van der Waals surface area (Å²) in [6.07, 6.45) is 1.97. The van der Waals surface area contributed by atoms with E-state index < -0.39 is 0 Å². The number of aryl methyl sites for hydroxylation is 1. The number of benzene rings is 1. The first kappa shape index (κ1) is 22.0. The molecule has 8 nitrogen and oxygen atoms in total. The number of carbonyl (C=O) groups excluding carboxylic acids is 3. The van der Waals surface area contributed by atoms with Crippen molar-refractivity contribution in [3.63, 3.8) is 0 Å². The topological polar surface area (TPSA) is 87.5 Å². The van der Waals surface area contributed by atoms with Gasteiger partial charge in [0.05, 0.1) is 6.54 Å². The fourth-order valence-corrected chi connectivity index (χ4v) is 4.60. The van der Waals surface area contributed by atoms with Gasteiger partial charge in [-0.3, -0.25) is 19.1 Å². The van der Waals surface area contributed by atoms with Gasteiger partial charge in [-0.1, -0.05) is 18.2 Å². The first-order valence-electron chi connectivity index (χ1n) is 11.3. The van der Waals surface area contributed by atoms with E-state index in [1.807, 2.05) is 51.2 Å². The number of hydrogen-bond donors (Lipinski definition) is 1. The molecule has 2 aliphatic rings. The first-order valence-corrected chi connectivity index (χ1v) is 11.3. The summed E-state index contributed by atoms with van der Waals surface area (Å²) in [4.78, 5) is 42.2. The minimum atomic E-state index is -0.112. The van der Waals surface area contributed by atoms with Gasteiger partial charge in [-0.2, -0.15) is 5.10 Å². The van der Waals surface area contributed by atoms with Crippen molar-refractivity contribution in [3.05, 3.63) is 52.8 Å². The molecule has 0 radical (unpaired) electrons. The second kappa shape index (κ2) is 9.14. The van der Waals surface area contributed by atoms with Crippen LogP contribution < -0.4 is 5.32 Å². The maximum Gasteiger partial charge on any atom is 0.274 e. The van der Waals surface area contributed by atoms with E-state index in [1.165, 1.54) is 0 Å². The van der Waals surface area contributed by atoms with E-state index in [2.05, 4.69) is 10.4 Å². The lowest BCUT2D eigenvalue weighted by Crippen LogP contribution is -2.44. The van der Waals surface area contributed by atoms with Crippen LogP contribution in [0.2, 0.25) is 0 Å². The van der Waals surface area contributed by atoms with Crippen LogP contribution >= 0.6 is 0 Å². The van der Waals surface area contributed by atoms with Gasteiger partial charge >= 0.3 is 0 Å². The zero-order valence-corrected chi connectivity index (χ0v) is 19.0. The van der Waals surface area contributed by atoms with Gasteiger partial charge in [0.2, 0.25) is 5.91 Å². The van der Waals surface area contributed by atoms with E-state index in [0.717, 1.165) is 11.3 Å². The third kappa shape index (κ3) is 4.40. The first-order chi connectivity index (χ1) is 15.3. The second-order valence-electron chi connectivity index (χ2n) is 8.97. The monoisotopic (exact) mass is 437 g/mol. The number of piperidine rings is 1. The summed E-state index contributed by atoms with van der Waals surface area (Å²) >= 11 is 0. The number of nitrogens with one attached hydrogen (secondary N) is 1. The second-order valence-corrected chi connectivity index (χ2v) is 8.97. The molecular formula is C24H31N5O3. The molecule has 2 aliphatic heterocycles. The average molecular weight is 438 g/mol. The molecule has 1 N–H and O–H groups in total. The number of rotatable bonds is 4. The van der Waals surface area contributed by atoms with Crippen LogP contribution in [0.15, 0.2) is 30.3 Å².